The molecule has 7 rings (SSSR count). The fourth-order valence-electron chi connectivity index (χ4n) is 6.49. The van der Waals surface area contributed by atoms with Gasteiger partial charge in [-0.1, -0.05) is 121 Å². The van der Waals surface area contributed by atoms with Crippen LogP contribution in [-0.4, -0.2) is 52.4 Å². The van der Waals surface area contributed by atoms with E-state index in [1.54, 1.807) is 6.07 Å². The second-order valence-corrected chi connectivity index (χ2v) is 14.3. The van der Waals surface area contributed by atoms with Gasteiger partial charge in [-0.3, -0.25) is 24.1 Å². The fourth-order valence-corrected chi connectivity index (χ4v) is 8.86. The summed E-state index contributed by atoms with van der Waals surface area (Å²) in [7, 11) is 0. The van der Waals surface area contributed by atoms with Gasteiger partial charge in [0.25, 0.3) is 0 Å². The van der Waals surface area contributed by atoms with Gasteiger partial charge in [0.2, 0.25) is 11.8 Å². The zero-order valence-corrected chi connectivity index (χ0v) is 28.8. The highest BCUT2D eigenvalue weighted by molar-refractivity contribution is 8.00. The normalized spacial score (nSPS) is 17.8. The molecular formula is C40H34N2O6S2. The first-order chi connectivity index (χ1) is 24.4. The molecule has 1 aromatic heterocycles. The van der Waals surface area contributed by atoms with Gasteiger partial charge in [-0.25, -0.2) is 0 Å². The number of carbonyl (C=O) groups excluding carboxylic acids is 4. The molecule has 2 amide bonds. The largest absolute Gasteiger partial charge is 0.452 e. The minimum atomic E-state index is -1.87. The molecule has 2 aliphatic rings. The minimum absolute atomic E-state index is 0.0155. The Labute approximate surface area is 298 Å². The summed E-state index contributed by atoms with van der Waals surface area (Å²) < 4.78 is 12.7. The number of β-lactam (4-membered cyclic amide) rings is 1. The number of hydrogen-bond acceptors (Lipinski definition) is 8. The molecule has 3 heterocycles. The lowest BCUT2D eigenvalue weighted by atomic mass is 9.86. The van der Waals surface area contributed by atoms with E-state index < -0.39 is 41.0 Å². The van der Waals surface area contributed by atoms with Gasteiger partial charge in [-0.05, 0) is 39.8 Å². The van der Waals surface area contributed by atoms with E-state index in [1.165, 1.54) is 39.8 Å². The summed E-state index contributed by atoms with van der Waals surface area (Å²) >= 11 is 2.65. The summed E-state index contributed by atoms with van der Waals surface area (Å²) in [5.41, 5.74) is 1.07. The van der Waals surface area contributed by atoms with Crippen LogP contribution in [0, 0.1) is 5.41 Å². The van der Waals surface area contributed by atoms with Crippen molar-refractivity contribution in [3.63, 3.8) is 0 Å². The lowest BCUT2D eigenvalue weighted by molar-refractivity contribution is -0.180. The number of ether oxygens (including phenoxy) is 2. The number of thioether (sulfide) groups is 1. The molecule has 1 unspecified atom stereocenters. The smallest absolute Gasteiger partial charge is 0.327 e. The van der Waals surface area contributed by atoms with E-state index in [0.717, 1.165) is 22.3 Å². The molecule has 2 atom stereocenters. The second-order valence-electron chi connectivity index (χ2n) is 12.2. The zero-order chi connectivity index (χ0) is 34.7. The van der Waals surface area contributed by atoms with Crippen LogP contribution < -0.4 is 4.90 Å². The molecule has 0 bridgehead atoms. The van der Waals surface area contributed by atoms with E-state index in [2.05, 4.69) is 0 Å². The molecule has 252 valence electrons. The highest BCUT2D eigenvalue weighted by atomic mass is 32.2. The van der Waals surface area contributed by atoms with Crippen molar-refractivity contribution in [2.24, 2.45) is 5.41 Å². The average molecular weight is 703 g/mol. The third-order valence-electron chi connectivity index (χ3n) is 9.06. The SMILES string of the molecule is CC(=O)N(c1cccs1)C1C(=O)N2CC(C(=O)OC(c3ccccc3)c3ccccc3)(C(=O)OC(c3ccccc3)c3ccccc3)CS[C@H]12. The first kappa shape index (κ1) is 33.3. The van der Waals surface area contributed by atoms with E-state index in [4.69, 9.17) is 9.47 Å². The van der Waals surface area contributed by atoms with Gasteiger partial charge in [0.1, 0.15) is 11.4 Å². The van der Waals surface area contributed by atoms with E-state index in [9.17, 15) is 19.2 Å². The number of esters is 2. The maximum Gasteiger partial charge on any atom is 0.327 e. The topological polar surface area (TPSA) is 93.2 Å². The molecule has 0 N–H and O–H groups in total. The number of rotatable bonds is 10. The lowest BCUT2D eigenvalue weighted by Gasteiger charge is -2.55. The lowest BCUT2D eigenvalue weighted by Crippen LogP contribution is -2.75. The molecule has 8 nitrogen and oxygen atoms in total. The Bertz CT molecular complexity index is 1780. The molecule has 50 heavy (non-hydrogen) atoms. The highest BCUT2D eigenvalue weighted by Gasteiger charge is 2.63. The number of benzene rings is 4. The standard InChI is InChI=1S/C40H34N2O6S2/c1-27(43)42(32-23-14-24-49-32)33-36(44)41-25-40(26-50-37(33)41,38(45)47-34(28-15-6-2-7-16-28)29-17-8-3-9-18-29)39(46)48-35(30-19-10-4-11-20-30)31-21-12-5-13-22-31/h2-24,33-35,37H,25-26H2,1H3/t33?,37-/m1/s1. The Balaban J connectivity index is 1.25. The zero-order valence-electron chi connectivity index (χ0n) is 27.2. The molecule has 5 aromatic rings. The third kappa shape index (κ3) is 6.32. The maximum atomic E-state index is 14.7. The van der Waals surface area contributed by atoms with Crippen molar-refractivity contribution >= 4 is 51.9 Å². The number of fused-ring (bicyclic) bond motifs is 1. The quantitative estimate of drug-likeness (QED) is 0.0876. The molecule has 0 saturated carbocycles. The van der Waals surface area contributed by atoms with Crippen LogP contribution in [0.5, 0.6) is 0 Å². The molecule has 4 aromatic carbocycles. The summed E-state index contributed by atoms with van der Waals surface area (Å²) in [5.74, 6) is -2.20. The van der Waals surface area contributed by atoms with Crippen LogP contribution in [-0.2, 0) is 28.7 Å². The number of amides is 2. The van der Waals surface area contributed by atoms with Crippen molar-refractivity contribution in [2.75, 3.05) is 17.2 Å². The van der Waals surface area contributed by atoms with Crippen molar-refractivity contribution in [3.05, 3.63) is 161 Å². The van der Waals surface area contributed by atoms with Crippen molar-refractivity contribution in [1.29, 1.82) is 0 Å². The summed E-state index contributed by atoms with van der Waals surface area (Å²) in [5, 5.41) is 2.05. The van der Waals surface area contributed by atoms with Gasteiger partial charge in [0.05, 0.1) is 5.00 Å². The molecule has 2 saturated heterocycles. The minimum Gasteiger partial charge on any atom is -0.452 e. The first-order valence-corrected chi connectivity index (χ1v) is 18.2. The van der Waals surface area contributed by atoms with E-state index in [1.807, 2.05) is 133 Å². The summed E-state index contributed by atoms with van der Waals surface area (Å²) in [6.45, 7) is 1.18. The van der Waals surface area contributed by atoms with Crippen LogP contribution in [0.4, 0.5) is 5.00 Å². The number of thiophene rings is 1. The Morgan fingerprint density at radius 2 is 1.14 bits per heavy atom. The van der Waals surface area contributed by atoms with E-state index in [-0.39, 0.29) is 24.1 Å². The van der Waals surface area contributed by atoms with Crippen molar-refractivity contribution in [2.45, 2.75) is 30.5 Å². The van der Waals surface area contributed by atoms with Crippen molar-refractivity contribution in [3.8, 4) is 0 Å². The second kappa shape index (κ2) is 14.3. The predicted molar refractivity (Wildman–Crippen MR) is 193 cm³/mol. The first-order valence-electron chi connectivity index (χ1n) is 16.2. The average Bonchev–Trinajstić information content (AvgIpc) is 3.70. The third-order valence-corrected chi connectivity index (χ3v) is 11.4. The summed E-state index contributed by atoms with van der Waals surface area (Å²) in [6, 6.07) is 40.2. The molecule has 0 spiro atoms. The molecular weight excluding hydrogens is 669 g/mol. The number of hydrogen-bond donors (Lipinski definition) is 0. The molecule has 10 heteroatoms. The van der Waals surface area contributed by atoms with Gasteiger partial charge >= 0.3 is 11.9 Å². The monoisotopic (exact) mass is 702 g/mol. The van der Waals surface area contributed by atoms with Crippen LogP contribution in [0.2, 0.25) is 0 Å². The summed E-state index contributed by atoms with van der Waals surface area (Å²) in [4.78, 5) is 59.2. The van der Waals surface area contributed by atoms with Gasteiger partial charge in [0, 0.05) is 19.2 Å². The number of nitrogens with zero attached hydrogens (tertiary/aromatic N) is 2. The van der Waals surface area contributed by atoms with E-state index in [0.29, 0.717) is 5.00 Å². The van der Waals surface area contributed by atoms with Crippen LogP contribution in [0.1, 0.15) is 41.4 Å². The van der Waals surface area contributed by atoms with Crippen LogP contribution in [0.25, 0.3) is 0 Å². The van der Waals surface area contributed by atoms with Gasteiger partial charge < -0.3 is 14.4 Å². The Hall–Kier alpha value is -5.19. The van der Waals surface area contributed by atoms with Gasteiger partial charge in [0.15, 0.2) is 17.6 Å². The Morgan fingerprint density at radius 3 is 1.52 bits per heavy atom. The van der Waals surface area contributed by atoms with E-state index >= 15 is 0 Å². The maximum absolute atomic E-state index is 14.7. The predicted octanol–water partition coefficient (Wildman–Crippen LogP) is 7.04. The van der Waals surface area contributed by atoms with Crippen LogP contribution in [0.3, 0.4) is 0 Å². The Kier molecular flexibility index (Phi) is 9.56. The Morgan fingerprint density at radius 1 is 0.700 bits per heavy atom. The number of carbonyl (C=O) groups is 4. The highest BCUT2D eigenvalue weighted by Crippen LogP contribution is 2.48. The fraction of sp³-hybridized carbons (Fsp3) is 0.200. The molecule has 2 fully saturated rings. The van der Waals surface area contributed by atoms with Crippen molar-refractivity contribution in [1.82, 2.24) is 4.90 Å². The van der Waals surface area contributed by atoms with Crippen LogP contribution >= 0.6 is 23.1 Å². The van der Waals surface area contributed by atoms with Gasteiger partial charge in [-0.2, -0.15) is 0 Å². The van der Waals surface area contributed by atoms with Crippen molar-refractivity contribution < 1.29 is 28.7 Å². The number of anilines is 1. The van der Waals surface area contributed by atoms with Gasteiger partial charge in [-0.15, -0.1) is 23.1 Å². The summed E-state index contributed by atoms with van der Waals surface area (Å²) in [6.07, 6.45) is -1.63. The van der Waals surface area contributed by atoms with Crippen LogP contribution in [0.15, 0.2) is 139 Å². The molecule has 0 aliphatic carbocycles. The molecule has 2 aliphatic heterocycles. The molecule has 0 radical (unpaired) electrons.